The summed E-state index contributed by atoms with van der Waals surface area (Å²) in [6, 6.07) is 0. The zero-order chi connectivity index (χ0) is 3.70. The van der Waals surface area contributed by atoms with Gasteiger partial charge in [0.2, 0.25) is 0 Å². The van der Waals surface area contributed by atoms with Crippen molar-refractivity contribution < 1.29 is 14.6 Å². The zero-order valence-electron chi connectivity index (χ0n) is 2.30. The first-order valence-corrected chi connectivity index (χ1v) is 1.13. The Bertz CT molecular complexity index is 46.9. The molecule has 0 aromatic rings. The van der Waals surface area contributed by atoms with Crippen LogP contribution in [0.25, 0.3) is 0 Å². The largest absolute Gasteiger partial charge is 0.289 e. The van der Waals surface area contributed by atoms with Gasteiger partial charge in [0.25, 0.3) is 12.6 Å². The smallest absolute Gasteiger partial charge is 0.285 e. The van der Waals surface area contributed by atoms with Crippen LogP contribution in [-0.4, -0.2) is 12.6 Å². The highest BCUT2D eigenvalue weighted by atomic mass is 17.4. The van der Waals surface area contributed by atoms with E-state index in [1.54, 1.807) is 0 Å². The van der Waals surface area contributed by atoms with Gasteiger partial charge in [-0.15, -0.1) is 0 Å². The summed E-state index contributed by atoms with van der Waals surface area (Å²) in [6.45, 7) is 0. The maximum Gasteiger partial charge on any atom is 0.289 e. The number of hydrogen-bond donors (Lipinski definition) is 0. The highest BCUT2D eigenvalue weighted by molar-refractivity contribution is 5.56. The maximum absolute atomic E-state index is 9.19. The molecular formula is C2HO3. The van der Waals surface area contributed by atoms with Crippen molar-refractivity contribution in [3.05, 3.63) is 0 Å². The molecule has 5 heavy (non-hydrogen) atoms. The molecule has 1 fully saturated rings. The summed E-state index contributed by atoms with van der Waals surface area (Å²) in [5.74, 6) is 0. The average molecular weight is 73.0 g/mol. The Morgan fingerprint density at radius 2 is 2.20 bits per heavy atom. The second kappa shape index (κ2) is 0.771. The molecule has 0 spiro atoms. The molecule has 1 aliphatic heterocycles. The molecule has 0 aromatic heterocycles. The average Bonchev–Trinajstić information content (AvgIpc) is 2.12. The van der Waals surface area contributed by atoms with Gasteiger partial charge in [-0.2, -0.15) is 9.78 Å². The molecule has 1 saturated heterocycles. The van der Waals surface area contributed by atoms with Crippen LogP contribution in [0.3, 0.4) is 0 Å². The van der Waals surface area contributed by atoms with Crippen LogP contribution in [0.15, 0.2) is 0 Å². The van der Waals surface area contributed by atoms with Gasteiger partial charge in [0.15, 0.2) is 0 Å². The summed E-state index contributed by atoms with van der Waals surface area (Å²) in [5.41, 5.74) is 0. The monoisotopic (exact) mass is 73.0 g/mol. The number of carbonyl (C=O) groups excluding carboxylic acids is 1. The normalized spacial score (nSPS) is 22.4. The predicted molar refractivity (Wildman–Crippen MR) is 11.7 cm³/mol. The number of rotatable bonds is 1. The van der Waals surface area contributed by atoms with Crippen molar-refractivity contribution in [2.75, 3.05) is 0 Å². The van der Waals surface area contributed by atoms with Crippen molar-refractivity contribution in [2.45, 2.75) is 6.29 Å². The Hall–Kier alpha value is -0.410. The minimum absolute atomic E-state index is 0.671. The molecule has 1 aliphatic rings. The van der Waals surface area contributed by atoms with Crippen LogP contribution >= 0.6 is 0 Å². The summed E-state index contributed by atoms with van der Waals surface area (Å²) < 4.78 is 0. The molecule has 0 aliphatic carbocycles. The van der Waals surface area contributed by atoms with Gasteiger partial charge >= 0.3 is 0 Å². The summed E-state index contributed by atoms with van der Waals surface area (Å²) in [6.07, 6.45) is 0.773. The number of hydrogen-bond acceptors (Lipinski definition) is 3. The molecule has 0 atom stereocenters. The fourth-order valence-electron chi connectivity index (χ4n) is 0.0671. The third-order valence-electron chi connectivity index (χ3n) is 0.289. The van der Waals surface area contributed by atoms with E-state index in [2.05, 4.69) is 9.78 Å². The van der Waals surface area contributed by atoms with E-state index in [1.807, 2.05) is 0 Å². The fraction of sp³-hybridized carbons (Fsp3) is 0.500. The van der Waals surface area contributed by atoms with Crippen LogP contribution in [0.1, 0.15) is 0 Å². The van der Waals surface area contributed by atoms with E-state index in [1.165, 1.54) is 6.29 Å². The van der Waals surface area contributed by atoms with E-state index in [0.717, 1.165) is 0 Å². The summed E-state index contributed by atoms with van der Waals surface area (Å²) >= 11 is 0. The minimum Gasteiger partial charge on any atom is -0.285 e. The zero-order valence-corrected chi connectivity index (χ0v) is 2.30. The lowest BCUT2D eigenvalue weighted by Crippen LogP contribution is -1.78. The van der Waals surface area contributed by atoms with E-state index < -0.39 is 6.29 Å². The van der Waals surface area contributed by atoms with Crippen molar-refractivity contribution in [3.8, 4) is 0 Å². The molecule has 0 aromatic carbocycles. The van der Waals surface area contributed by atoms with E-state index >= 15 is 0 Å². The summed E-state index contributed by atoms with van der Waals surface area (Å²) in [5, 5.41) is 0. The first-order chi connectivity index (χ1) is 2.43. The topological polar surface area (TPSA) is 42.1 Å². The predicted octanol–water partition coefficient (Wildman–Crippen LogP) is -0.616. The molecule has 0 saturated carbocycles. The van der Waals surface area contributed by atoms with Gasteiger partial charge in [-0.1, -0.05) is 0 Å². The van der Waals surface area contributed by atoms with E-state index in [9.17, 15) is 4.79 Å². The third-order valence-corrected chi connectivity index (χ3v) is 0.289. The Labute approximate surface area is 28.4 Å². The molecule has 1 rings (SSSR count). The Balaban J connectivity index is 2.21. The molecule has 3 heteroatoms. The lowest BCUT2D eigenvalue weighted by molar-refractivity contribution is 0.0850. The highest BCUT2D eigenvalue weighted by Gasteiger charge is 2.25. The molecule has 1 radical (unpaired) electrons. The van der Waals surface area contributed by atoms with Gasteiger partial charge in [0.1, 0.15) is 0 Å². The molecule has 3 nitrogen and oxygen atoms in total. The molecule has 0 bridgehead atoms. The second-order valence-corrected chi connectivity index (χ2v) is 0.642. The summed E-state index contributed by atoms with van der Waals surface area (Å²) in [4.78, 5) is 17.1. The fourth-order valence-corrected chi connectivity index (χ4v) is 0.0671. The van der Waals surface area contributed by atoms with Crippen LogP contribution in [0.4, 0.5) is 0 Å². The lowest BCUT2D eigenvalue weighted by Gasteiger charge is -1.42. The minimum atomic E-state index is -0.671. The second-order valence-electron chi connectivity index (χ2n) is 0.642. The third kappa shape index (κ3) is 0.431. The molecule has 0 amide bonds. The van der Waals surface area contributed by atoms with Crippen molar-refractivity contribution in [3.63, 3.8) is 0 Å². The van der Waals surface area contributed by atoms with E-state index in [4.69, 9.17) is 0 Å². The summed E-state index contributed by atoms with van der Waals surface area (Å²) in [7, 11) is 0. The van der Waals surface area contributed by atoms with E-state index in [0.29, 0.717) is 0 Å². The van der Waals surface area contributed by atoms with Crippen molar-refractivity contribution in [1.82, 2.24) is 0 Å². The molecule has 1 heterocycles. The van der Waals surface area contributed by atoms with Crippen LogP contribution in [-0.2, 0) is 14.6 Å². The SMILES string of the molecule is O=[C]C1OO1. The van der Waals surface area contributed by atoms with Gasteiger partial charge < -0.3 is 0 Å². The quantitative estimate of drug-likeness (QED) is 0.307. The van der Waals surface area contributed by atoms with Crippen LogP contribution < -0.4 is 0 Å². The van der Waals surface area contributed by atoms with E-state index in [-0.39, 0.29) is 0 Å². The van der Waals surface area contributed by atoms with Crippen molar-refractivity contribution >= 4 is 6.29 Å². The van der Waals surface area contributed by atoms with Gasteiger partial charge in [0.05, 0.1) is 0 Å². The highest BCUT2D eigenvalue weighted by Crippen LogP contribution is 2.05. The standard InChI is InChI=1S/C2HO3/c3-1-2-4-5-2/h2H. The Morgan fingerprint density at radius 1 is 1.60 bits per heavy atom. The molecule has 0 unspecified atom stereocenters. The van der Waals surface area contributed by atoms with Gasteiger partial charge in [-0.25, -0.2) is 0 Å². The van der Waals surface area contributed by atoms with Crippen LogP contribution in [0, 0.1) is 0 Å². The van der Waals surface area contributed by atoms with Crippen molar-refractivity contribution in [1.29, 1.82) is 0 Å². The first-order valence-electron chi connectivity index (χ1n) is 1.13. The molecular weight excluding hydrogens is 72.0 g/mol. The van der Waals surface area contributed by atoms with Crippen LogP contribution in [0.2, 0.25) is 0 Å². The van der Waals surface area contributed by atoms with Crippen LogP contribution in [0.5, 0.6) is 0 Å². The first kappa shape index (κ1) is 2.81. The lowest BCUT2D eigenvalue weighted by atomic mass is 10.8. The van der Waals surface area contributed by atoms with Gasteiger partial charge in [-0.3, -0.25) is 4.79 Å². The Kier molecular flexibility index (Phi) is 0.433. The van der Waals surface area contributed by atoms with Crippen molar-refractivity contribution in [2.24, 2.45) is 0 Å². The molecule has 27 valence electrons. The Morgan fingerprint density at radius 3 is 2.20 bits per heavy atom. The van der Waals surface area contributed by atoms with Gasteiger partial charge in [0, 0.05) is 0 Å². The maximum atomic E-state index is 9.19. The molecule has 0 N–H and O–H groups in total. The van der Waals surface area contributed by atoms with Gasteiger partial charge in [-0.05, 0) is 0 Å².